The molecule has 0 radical (unpaired) electrons. The van der Waals surface area contributed by atoms with Crippen molar-refractivity contribution in [3.8, 4) is 0 Å². The van der Waals surface area contributed by atoms with E-state index in [0.29, 0.717) is 6.61 Å². The molecule has 2 N–H and O–H groups in total. The molecule has 0 rings (SSSR count). The maximum absolute atomic E-state index is 11.0. The van der Waals surface area contributed by atoms with Crippen LogP contribution >= 0.6 is 0 Å². The molecular weight excluding hydrogens is 258 g/mol. The number of unbranched alkanes of at least 4 members (excludes halogenated alkanes) is 2. The molecule has 0 bridgehead atoms. The third kappa shape index (κ3) is 12.1. The van der Waals surface area contributed by atoms with Crippen molar-refractivity contribution >= 4 is 14.3 Å². The molecule has 112 valence electrons. The number of carboxylic acid groups (broad SMARTS) is 1. The van der Waals surface area contributed by atoms with Crippen LogP contribution in [0.2, 0.25) is 19.6 Å². The van der Waals surface area contributed by atoms with Crippen LogP contribution in [-0.4, -0.2) is 38.6 Å². The van der Waals surface area contributed by atoms with E-state index in [2.05, 4.69) is 31.9 Å². The van der Waals surface area contributed by atoms with Crippen molar-refractivity contribution in [2.45, 2.75) is 58.3 Å². The van der Waals surface area contributed by atoms with Crippen LogP contribution in [-0.2, 0) is 9.22 Å². The van der Waals surface area contributed by atoms with E-state index in [4.69, 9.17) is 9.53 Å². The van der Waals surface area contributed by atoms with Crippen LogP contribution in [0.25, 0.3) is 0 Å². The molecule has 1 atom stereocenters. The van der Waals surface area contributed by atoms with Crippen LogP contribution in [0.3, 0.4) is 0 Å². The molecule has 0 aliphatic rings. The van der Waals surface area contributed by atoms with Gasteiger partial charge in [-0.25, -0.2) is 0 Å². The van der Waals surface area contributed by atoms with E-state index >= 15 is 0 Å². The third-order valence-electron chi connectivity index (χ3n) is 2.56. The third-order valence-corrected chi connectivity index (χ3v) is 3.63. The standard InChI is InChI=1S/C14H29NO3Si/c1-5-6-8-11-15-13(14(16)17)10-7-9-12-18-19(2,3)4/h7,10,13,15H,5-6,8-9,11-12H2,1-4H3,(H,16,17)/b10-7-. The lowest BCUT2D eigenvalue weighted by atomic mass is 10.2. The van der Waals surface area contributed by atoms with Gasteiger partial charge in [-0.15, -0.1) is 0 Å². The Morgan fingerprint density at radius 2 is 2.05 bits per heavy atom. The lowest BCUT2D eigenvalue weighted by Gasteiger charge is -2.16. The summed E-state index contributed by atoms with van der Waals surface area (Å²) >= 11 is 0. The summed E-state index contributed by atoms with van der Waals surface area (Å²) in [6.07, 6.45) is 7.68. The highest BCUT2D eigenvalue weighted by Crippen LogP contribution is 2.03. The summed E-state index contributed by atoms with van der Waals surface area (Å²) < 4.78 is 5.70. The fourth-order valence-electron chi connectivity index (χ4n) is 1.54. The average molecular weight is 287 g/mol. The van der Waals surface area contributed by atoms with Crippen molar-refractivity contribution in [1.82, 2.24) is 5.32 Å². The molecule has 0 fully saturated rings. The van der Waals surface area contributed by atoms with Crippen molar-refractivity contribution in [1.29, 1.82) is 0 Å². The lowest BCUT2D eigenvalue weighted by Crippen LogP contribution is -2.35. The maximum Gasteiger partial charge on any atom is 0.324 e. The molecule has 0 saturated heterocycles. The Kier molecular flexibility index (Phi) is 9.82. The summed E-state index contributed by atoms with van der Waals surface area (Å²) in [5.74, 6) is -0.820. The number of carboxylic acids is 1. The van der Waals surface area contributed by atoms with Crippen molar-refractivity contribution in [3.05, 3.63) is 12.2 Å². The molecule has 0 aromatic rings. The SMILES string of the molecule is CCCCCNC(/C=C\CCO[Si](C)(C)C)C(=O)O. The topological polar surface area (TPSA) is 58.6 Å². The van der Waals surface area contributed by atoms with Crippen molar-refractivity contribution in [2.75, 3.05) is 13.2 Å². The van der Waals surface area contributed by atoms with E-state index in [-0.39, 0.29) is 0 Å². The normalized spacial score (nSPS) is 13.9. The lowest BCUT2D eigenvalue weighted by molar-refractivity contribution is -0.138. The second kappa shape index (κ2) is 10.2. The van der Waals surface area contributed by atoms with Crippen molar-refractivity contribution < 1.29 is 14.3 Å². The summed E-state index contributed by atoms with van der Waals surface area (Å²) in [6, 6.07) is -0.580. The first-order chi connectivity index (χ1) is 8.87. The van der Waals surface area contributed by atoms with Crippen LogP contribution in [0.5, 0.6) is 0 Å². The Morgan fingerprint density at radius 1 is 1.37 bits per heavy atom. The first-order valence-electron chi connectivity index (χ1n) is 7.13. The Labute approximate surface area is 118 Å². The Morgan fingerprint density at radius 3 is 2.58 bits per heavy atom. The van der Waals surface area contributed by atoms with Gasteiger partial charge >= 0.3 is 5.97 Å². The molecule has 0 heterocycles. The van der Waals surface area contributed by atoms with E-state index in [1.165, 1.54) is 0 Å². The minimum absolute atomic E-state index is 0.580. The number of hydrogen-bond acceptors (Lipinski definition) is 3. The predicted molar refractivity (Wildman–Crippen MR) is 82.0 cm³/mol. The van der Waals surface area contributed by atoms with Crippen molar-refractivity contribution in [2.24, 2.45) is 0 Å². The van der Waals surface area contributed by atoms with E-state index < -0.39 is 20.3 Å². The van der Waals surface area contributed by atoms with E-state index in [0.717, 1.165) is 32.2 Å². The number of aliphatic carboxylic acids is 1. The molecule has 19 heavy (non-hydrogen) atoms. The first-order valence-corrected chi connectivity index (χ1v) is 10.5. The largest absolute Gasteiger partial charge is 0.480 e. The number of hydrogen-bond donors (Lipinski definition) is 2. The van der Waals surface area contributed by atoms with Gasteiger partial charge in [-0.05, 0) is 39.0 Å². The second-order valence-corrected chi connectivity index (χ2v) is 10.2. The van der Waals surface area contributed by atoms with Gasteiger partial charge < -0.3 is 14.8 Å². The summed E-state index contributed by atoms with van der Waals surface area (Å²) in [7, 11) is -1.45. The van der Waals surface area contributed by atoms with Crippen LogP contribution < -0.4 is 5.32 Å². The number of rotatable bonds is 11. The molecule has 0 saturated carbocycles. The number of carbonyl (C=O) groups is 1. The fraction of sp³-hybridized carbons (Fsp3) is 0.786. The molecule has 0 amide bonds. The molecule has 0 aliphatic heterocycles. The molecule has 5 heteroatoms. The summed E-state index contributed by atoms with van der Waals surface area (Å²) in [6.45, 7) is 9.99. The first kappa shape index (κ1) is 18.3. The number of nitrogens with one attached hydrogen (secondary N) is 1. The molecule has 0 spiro atoms. The molecule has 0 aliphatic carbocycles. The quantitative estimate of drug-likeness (QED) is 0.348. The van der Waals surface area contributed by atoms with E-state index in [1.807, 2.05) is 6.08 Å². The second-order valence-electron chi connectivity index (χ2n) is 5.65. The van der Waals surface area contributed by atoms with Crippen LogP contribution in [0.15, 0.2) is 12.2 Å². The molecule has 0 aromatic carbocycles. The van der Waals surface area contributed by atoms with E-state index in [1.54, 1.807) is 6.08 Å². The van der Waals surface area contributed by atoms with Gasteiger partial charge in [0.05, 0.1) is 0 Å². The van der Waals surface area contributed by atoms with Gasteiger partial charge in [-0.2, -0.15) is 0 Å². The van der Waals surface area contributed by atoms with Gasteiger partial charge in [0, 0.05) is 6.61 Å². The predicted octanol–water partition coefficient (Wildman–Crippen LogP) is 3.02. The van der Waals surface area contributed by atoms with Crippen molar-refractivity contribution in [3.63, 3.8) is 0 Å². The Balaban J connectivity index is 3.89. The van der Waals surface area contributed by atoms with Gasteiger partial charge in [-0.1, -0.05) is 31.9 Å². The minimum Gasteiger partial charge on any atom is -0.480 e. The summed E-state index contributed by atoms with van der Waals surface area (Å²) in [5.41, 5.74) is 0. The van der Waals surface area contributed by atoms with Gasteiger partial charge in [0.15, 0.2) is 8.32 Å². The smallest absolute Gasteiger partial charge is 0.324 e. The van der Waals surface area contributed by atoms with Crippen LogP contribution in [0.1, 0.15) is 32.6 Å². The fourth-order valence-corrected chi connectivity index (χ4v) is 2.27. The molecule has 4 nitrogen and oxygen atoms in total. The highest BCUT2D eigenvalue weighted by molar-refractivity contribution is 6.69. The van der Waals surface area contributed by atoms with E-state index in [9.17, 15) is 4.79 Å². The van der Waals surface area contributed by atoms with Gasteiger partial charge in [0.2, 0.25) is 0 Å². The zero-order valence-corrected chi connectivity index (χ0v) is 13.7. The highest BCUT2D eigenvalue weighted by atomic mass is 28.4. The Hall–Kier alpha value is -0.653. The zero-order valence-electron chi connectivity index (χ0n) is 12.7. The maximum atomic E-state index is 11.0. The van der Waals surface area contributed by atoms with Gasteiger partial charge in [0.1, 0.15) is 6.04 Å². The van der Waals surface area contributed by atoms with Crippen LogP contribution in [0, 0.1) is 0 Å². The molecule has 1 unspecified atom stereocenters. The zero-order chi connectivity index (χ0) is 14.7. The minimum atomic E-state index is -1.45. The summed E-state index contributed by atoms with van der Waals surface area (Å²) in [4.78, 5) is 11.0. The van der Waals surface area contributed by atoms with Gasteiger partial charge in [0.25, 0.3) is 0 Å². The van der Waals surface area contributed by atoms with Gasteiger partial charge in [-0.3, -0.25) is 4.79 Å². The average Bonchev–Trinajstić information content (AvgIpc) is 2.29. The highest BCUT2D eigenvalue weighted by Gasteiger charge is 2.13. The van der Waals surface area contributed by atoms with Crippen LogP contribution in [0.4, 0.5) is 0 Å². The monoisotopic (exact) mass is 287 g/mol. The molecule has 0 aromatic heterocycles. The molecular formula is C14H29NO3Si. The summed E-state index contributed by atoms with van der Waals surface area (Å²) in [5, 5.41) is 12.1. The Bertz CT molecular complexity index is 274.